The second-order valence-electron chi connectivity index (χ2n) is 4.15. The minimum atomic E-state index is 0.327. The number of benzene rings is 1. The maximum Gasteiger partial charge on any atom is 0.124 e. The highest BCUT2D eigenvalue weighted by Crippen LogP contribution is 2.27. The lowest BCUT2D eigenvalue weighted by molar-refractivity contribution is 0.141. The van der Waals surface area contributed by atoms with Gasteiger partial charge in [-0.3, -0.25) is 0 Å². The molecule has 0 spiro atoms. The molecule has 0 radical (unpaired) electrons. The highest BCUT2D eigenvalue weighted by atomic mass is 16.5. The van der Waals surface area contributed by atoms with E-state index in [0.29, 0.717) is 12.6 Å². The SMILES string of the molecule is CCOCCCC(NC)c1ccccc1OCC. The van der Waals surface area contributed by atoms with Crippen LogP contribution in [0.3, 0.4) is 0 Å². The summed E-state index contributed by atoms with van der Waals surface area (Å²) in [6, 6.07) is 8.57. The van der Waals surface area contributed by atoms with Crippen molar-refractivity contribution in [3.05, 3.63) is 29.8 Å². The lowest BCUT2D eigenvalue weighted by Crippen LogP contribution is -2.18. The number of hydrogen-bond donors (Lipinski definition) is 1. The average molecular weight is 251 g/mol. The van der Waals surface area contributed by atoms with E-state index < -0.39 is 0 Å². The standard InChI is InChI=1S/C15H25NO2/c1-4-17-12-8-10-14(16-3)13-9-6-7-11-15(13)18-5-2/h6-7,9,11,14,16H,4-5,8,10,12H2,1-3H3. The molecule has 0 fully saturated rings. The topological polar surface area (TPSA) is 30.5 Å². The number of rotatable bonds is 9. The van der Waals surface area contributed by atoms with E-state index in [-0.39, 0.29) is 0 Å². The zero-order valence-electron chi connectivity index (χ0n) is 11.7. The van der Waals surface area contributed by atoms with Crippen molar-refractivity contribution in [2.75, 3.05) is 26.9 Å². The molecule has 1 aromatic carbocycles. The van der Waals surface area contributed by atoms with Gasteiger partial charge in [0.2, 0.25) is 0 Å². The van der Waals surface area contributed by atoms with E-state index in [0.717, 1.165) is 31.8 Å². The Balaban J connectivity index is 2.62. The molecule has 102 valence electrons. The Hall–Kier alpha value is -1.06. The molecule has 0 aliphatic rings. The van der Waals surface area contributed by atoms with Gasteiger partial charge in [-0.15, -0.1) is 0 Å². The summed E-state index contributed by atoms with van der Waals surface area (Å²) in [6.07, 6.45) is 2.11. The predicted molar refractivity (Wildman–Crippen MR) is 75.1 cm³/mol. The molecule has 0 bridgehead atoms. The molecule has 0 aliphatic heterocycles. The van der Waals surface area contributed by atoms with E-state index >= 15 is 0 Å². The van der Waals surface area contributed by atoms with Crippen LogP contribution in [0.15, 0.2) is 24.3 Å². The Labute approximate surface area is 110 Å². The fraction of sp³-hybridized carbons (Fsp3) is 0.600. The molecule has 0 aliphatic carbocycles. The summed E-state index contributed by atoms with van der Waals surface area (Å²) in [5.74, 6) is 0.982. The summed E-state index contributed by atoms with van der Waals surface area (Å²) in [6.45, 7) is 6.36. The Morgan fingerprint density at radius 1 is 1.17 bits per heavy atom. The molecule has 3 heteroatoms. The van der Waals surface area contributed by atoms with Crippen LogP contribution in [0, 0.1) is 0 Å². The van der Waals surface area contributed by atoms with E-state index in [1.165, 1.54) is 5.56 Å². The molecule has 0 heterocycles. The van der Waals surface area contributed by atoms with Crippen molar-refractivity contribution < 1.29 is 9.47 Å². The second-order valence-corrected chi connectivity index (χ2v) is 4.15. The third-order valence-corrected chi connectivity index (χ3v) is 2.93. The van der Waals surface area contributed by atoms with Crippen LogP contribution >= 0.6 is 0 Å². The van der Waals surface area contributed by atoms with Crippen molar-refractivity contribution in [2.45, 2.75) is 32.7 Å². The maximum atomic E-state index is 5.68. The first-order valence-electron chi connectivity index (χ1n) is 6.80. The molecule has 0 aromatic heterocycles. The fourth-order valence-corrected chi connectivity index (χ4v) is 2.04. The zero-order chi connectivity index (χ0) is 13.2. The van der Waals surface area contributed by atoms with Gasteiger partial charge in [-0.1, -0.05) is 18.2 Å². The number of para-hydroxylation sites is 1. The van der Waals surface area contributed by atoms with Crippen molar-refractivity contribution in [1.82, 2.24) is 5.32 Å². The van der Waals surface area contributed by atoms with Gasteiger partial charge in [-0.2, -0.15) is 0 Å². The van der Waals surface area contributed by atoms with Gasteiger partial charge in [-0.05, 0) is 39.8 Å². The van der Waals surface area contributed by atoms with Gasteiger partial charge in [0.05, 0.1) is 6.61 Å². The Bertz CT molecular complexity index is 328. The normalized spacial score (nSPS) is 12.4. The monoisotopic (exact) mass is 251 g/mol. The fourth-order valence-electron chi connectivity index (χ4n) is 2.04. The third kappa shape index (κ3) is 4.67. The van der Waals surface area contributed by atoms with Gasteiger partial charge in [0.15, 0.2) is 0 Å². The maximum absolute atomic E-state index is 5.68. The molecule has 1 N–H and O–H groups in total. The van der Waals surface area contributed by atoms with Crippen LogP contribution in [0.5, 0.6) is 5.75 Å². The van der Waals surface area contributed by atoms with Gasteiger partial charge in [0, 0.05) is 24.8 Å². The summed E-state index contributed by atoms with van der Waals surface area (Å²) in [5.41, 5.74) is 1.23. The molecule has 1 rings (SSSR count). The number of hydrogen-bond acceptors (Lipinski definition) is 3. The minimum absolute atomic E-state index is 0.327. The first-order chi connectivity index (χ1) is 8.83. The van der Waals surface area contributed by atoms with Crippen LogP contribution in [-0.4, -0.2) is 26.9 Å². The van der Waals surface area contributed by atoms with Crippen LogP contribution in [-0.2, 0) is 4.74 Å². The third-order valence-electron chi connectivity index (χ3n) is 2.93. The van der Waals surface area contributed by atoms with Gasteiger partial charge >= 0.3 is 0 Å². The van der Waals surface area contributed by atoms with Gasteiger partial charge in [0.1, 0.15) is 5.75 Å². The van der Waals surface area contributed by atoms with Crippen molar-refractivity contribution in [1.29, 1.82) is 0 Å². The first kappa shape index (κ1) is 15.0. The van der Waals surface area contributed by atoms with E-state index in [1.807, 2.05) is 33.0 Å². The molecule has 18 heavy (non-hydrogen) atoms. The molecule has 1 atom stereocenters. The highest BCUT2D eigenvalue weighted by molar-refractivity contribution is 5.35. The number of nitrogens with one attached hydrogen (secondary N) is 1. The van der Waals surface area contributed by atoms with E-state index in [4.69, 9.17) is 9.47 Å². The molecule has 0 saturated carbocycles. The Morgan fingerprint density at radius 3 is 2.61 bits per heavy atom. The largest absolute Gasteiger partial charge is 0.494 e. The first-order valence-corrected chi connectivity index (χ1v) is 6.80. The van der Waals surface area contributed by atoms with Gasteiger partial charge in [0.25, 0.3) is 0 Å². The molecule has 0 saturated heterocycles. The molecule has 3 nitrogen and oxygen atoms in total. The summed E-state index contributed by atoms with van der Waals surface area (Å²) >= 11 is 0. The Morgan fingerprint density at radius 2 is 1.94 bits per heavy atom. The van der Waals surface area contributed by atoms with E-state index in [9.17, 15) is 0 Å². The molecular formula is C15H25NO2. The van der Waals surface area contributed by atoms with Crippen molar-refractivity contribution in [2.24, 2.45) is 0 Å². The zero-order valence-corrected chi connectivity index (χ0v) is 11.7. The molecular weight excluding hydrogens is 226 g/mol. The summed E-state index contributed by atoms with van der Waals surface area (Å²) in [7, 11) is 1.99. The molecule has 1 unspecified atom stereocenters. The highest BCUT2D eigenvalue weighted by Gasteiger charge is 2.13. The summed E-state index contributed by atoms with van der Waals surface area (Å²) in [4.78, 5) is 0. The van der Waals surface area contributed by atoms with E-state index in [2.05, 4.69) is 17.4 Å². The van der Waals surface area contributed by atoms with Crippen molar-refractivity contribution in [3.63, 3.8) is 0 Å². The van der Waals surface area contributed by atoms with Crippen molar-refractivity contribution >= 4 is 0 Å². The summed E-state index contributed by atoms with van der Waals surface area (Å²) < 4.78 is 11.1. The smallest absolute Gasteiger partial charge is 0.124 e. The van der Waals surface area contributed by atoms with Crippen LogP contribution in [0.1, 0.15) is 38.3 Å². The molecule has 0 amide bonds. The average Bonchev–Trinajstić information content (AvgIpc) is 2.41. The van der Waals surface area contributed by atoms with Gasteiger partial charge in [-0.25, -0.2) is 0 Å². The van der Waals surface area contributed by atoms with Crippen LogP contribution in [0.25, 0.3) is 0 Å². The van der Waals surface area contributed by atoms with Gasteiger partial charge < -0.3 is 14.8 Å². The van der Waals surface area contributed by atoms with Crippen LogP contribution in [0.4, 0.5) is 0 Å². The minimum Gasteiger partial charge on any atom is -0.494 e. The molecule has 1 aromatic rings. The van der Waals surface area contributed by atoms with E-state index in [1.54, 1.807) is 0 Å². The predicted octanol–water partition coefficient (Wildman–Crippen LogP) is 3.16. The lowest BCUT2D eigenvalue weighted by Gasteiger charge is -2.19. The lowest BCUT2D eigenvalue weighted by atomic mass is 10.0. The van der Waals surface area contributed by atoms with Crippen molar-refractivity contribution in [3.8, 4) is 5.75 Å². The number of ether oxygens (including phenoxy) is 2. The Kier molecular flexibility index (Phi) is 7.46. The van der Waals surface area contributed by atoms with Crippen LogP contribution < -0.4 is 10.1 Å². The quantitative estimate of drug-likeness (QED) is 0.684. The van der Waals surface area contributed by atoms with Crippen LogP contribution in [0.2, 0.25) is 0 Å². The summed E-state index contributed by atoms with van der Waals surface area (Å²) in [5, 5.41) is 3.36. The second kappa shape index (κ2) is 8.95.